The molecule has 0 saturated carbocycles. The minimum Gasteiger partial charge on any atom is -0.379 e. The summed E-state index contributed by atoms with van der Waals surface area (Å²) in [5.41, 5.74) is 0. The lowest BCUT2D eigenvalue weighted by atomic mass is 10.1. The maximum atomic E-state index is 5.20. The van der Waals surface area contributed by atoms with E-state index in [2.05, 4.69) is 59.8 Å². The summed E-state index contributed by atoms with van der Waals surface area (Å²) in [5.74, 6) is 9.65. The van der Waals surface area contributed by atoms with Crippen molar-refractivity contribution in [2.75, 3.05) is 60.0 Å². The Morgan fingerprint density at radius 3 is 2.38 bits per heavy atom. The molecular weight excluding hydrogens is 298 g/mol. The van der Waals surface area contributed by atoms with Crippen LogP contribution in [0.5, 0.6) is 0 Å². The average molecular weight is 338 g/mol. The van der Waals surface area contributed by atoms with Crippen LogP contribution in [0, 0.1) is 29.7 Å². The van der Waals surface area contributed by atoms with E-state index in [9.17, 15) is 0 Å². The van der Waals surface area contributed by atoms with Gasteiger partial charge in [-0.25, -0.2) is 0 Å². The molecule has 0 spiro atoms. The van der Waals surface area contributed by atoms with Gasteiger partial charge in [0.05, 0.1) is 19.8 Å². The Hall–Kier alpha value is -1.20. The van der Waals surface area contributed by atoms with Gasteiger partial charge in [0.15, 0.2) is 0 Å². The van der Waals surface area contributed by atoms with Crippen molar-refractivity contribution in [1.29, 1.82) is 0 Å². The summed E-state index contributed by atoms with van der Waals surface area (Å²) in [5, 5.41) is 2.79. The summed E-state index contributed by atoms with van der Waals surface area (Å²) in [6, 6.07) is 2.81. The number of morpholine rings is 1. The van der Waals surface area contributed by atoms with Crippen LogP contribution in [0.25, 0.3) is 0 Å². The van der Waals surface area contributed by atoms with E-state index in [4.69, 9.17) is 4.74 Å². The summed E-state index contributed by atoms with van der Waals surface area (Å²) < 4.78 is 5.20. The molecule has 4 heteroatoms. The molecule has 1 heterocycles. The topological polar surface area (TPSA) is 27.7 Å². The number of nitrogens with one attached hydrogen (secondary N) is 1. The first-order valence-corrected chi connectivity index (χ1v) is 9.19. The Kier molecular flexibility index (Phi) is 20.7. The van der Waals surface area contributed by atoms with Gasteiger partial charge < -0.3 is 15.0 Å². The first-order valence-electron chi connectivity index (χ1n) is 9.19. The fourth-order valence-electron chi connectivity index (χ4n) is 1.89. The summed E-state index contributed by atoms with van der Waals surface area (Å²) in [4.78, 5) is 4.60. The van der Waals surface area contributed by atoms with E-state index >= 15 is 0 Å². The zero-order valence-corrected chi connectivity index (χ0v) is 17.0. The van der Waals surface area contributed by atoms with Gasteiger partial charge in [0.25, 0.3) is 0 Å². The van der Waals surface area contributed by atoms with E-state index in [-0.39, 0.29) is 0 Å². The lowest BCUT2D eigenvalue weighted by Crippen LogP contribution is -2.36. The van der Waals surface area contributed by atoms with Gasteiger partial charge in [-0.15, -0.1) is 11.8 Å². The molecule has 1 N–H and O–H groups in total. The Bertz CT molecular complexity index is 370. The van der Waals surface area contributed by atoms with Crippen molar-refractivity contribution in [1.82, 2.24) is 15.1 Å². The van der Waals surface area contributed by atoms with Crippen molar-refractivity contribution in [3.8, 4) is 23.8 Å². The fourth-order valence-corrected chi connectivity index (χ4v) is 1.89. The highest BCUT2D eigenvalue weighted by molar-refractivity contribution is 4.99. The Labute approximate surface area is 151 Å². The highest BCUT2D eigenvalue weighted by atomic mass is 16.5. The molecule has 1 unspecified atom stereocenters. The highest BCUT2D eigenvalue weighted by Crippen LogP contribution is 2.00. The van der Waals surface area contributed by atoms with Gasteiger partial charge in [-0.05, 0) is 33.5 Å². The molecule has 0 aromatic heterocycles. The lowest BCUT2D eigenvalue weighted by molar-refractivity contribution is 0.0443. The number of rotatable bonds is 5. The normalized spacial score (nSPS) is 14.5. The Morgan fingerprint density at radius 1 is 1.25 bits per heavy atom. The monoisotopic (exact) mass is 337 g/mol. The van der Waals surface area contributed by atoms with Crippen LogP contribution in [-0.4, -0.2) is 69.8 Å². The molecule has 1 fully saturated rings. The van der Waals surface area contributed by atoms with Gasteiger partial charge in [-0.2, -0.15) is 0 Å². The minimum absolute atomic E-state index is 0.550. The fraction of sp³-hybridized carbons (Fsp3) is 0.800. The zero-order chi connectivity index (χ0) is 18.6. The molecule has 24 heavy (non-hydrogen) atoms. The number of ether oxygens (including phenoxy) is 1. The number of hydrogen-bond acceptors (Lipinski definition) is 4. The molecule has 1 aliphatic rings. The molecule has 0 aromatic rings. The molecule has 1 saturated heterocycles. The molecule has 140 valence electrons. The van der Waals surface area contributed by atoms with E-state index in [0.29, 0.717) is 5.92 Å². The van der Waals surface area contributed by atoms with E-state index < -0.39 is 0 Å². The molecular formula is C20H39N3O. The second-order valence-corrected chi connectivity index (χ2v) is 5.42. The van der Waals surface area contributed by atoms with Crippen LogP contribution in [0.3, 0.4) is 0 Å². The third-order valence-electron chi connectivity index (χ3n) is 3.49. The first-order chi connectivity index (χ1) is 11.6. The van der Waals surface area contributed by atoms with Gasteiger partial charge in [-0.3, -0.25) is 4.90 Å². The van der Waals surface area contributed by atoms with Gasteiger partial charge in [-0.1, -0.05) is 33.6 Å². The van der Waals surface area contributed by atoms with Crippen molar-refractivity contribution >= 4 is 0 Å². The van der Waals surface area contributed by atoms with E-state index in [1.165, 1.54) is 6.42 Å². The molecule has 0 radical (unpaired) electrons. The van der Waals surface area contributed by atoms with Crippen molar-refractivity contribution in [2.24, 2.45) is 5.92 Å². The summed E-state index contributed by atoms with van der Waals surface area (Å²) in [6.07, 6.45) is 1.19. The maximum Gasteiger partial charge on any atom is 0.0621 e. The van der Waals surface area contributed by atoms with Crippen molar-refractivity contribution in [3.05, 3.63) is 0 Å². The minimum atomic E-state index is 0.550. The van der Waals surface area contributed by atoms with Crippen LogP contribution in [0.15, 0.2) is 0 Å². The van der Waals surface area contributed by atoms with Crippen LogP contribution in [0.1, 0.15) is 41.0 Å². The van der Waals surface area contributed by atoms with Crippen LogP contribution < -0.4 is 5.32 Å². The summed E-state index contributed by atoms with van der Waals surface area (Å²) in [6.45, 7) is 17.1. The molecule has 4 nitrogen and oxygen atoms in total. The van der Waals surface area contributed by atoms with Crippen LogP contribution in [-0.2, 0) is 4.74 Å². The van der Waals surface area contributed by atoms with Gasteiger partial charge in [0.2, 0.25) is 0 Å². The quantitative estimate of drug-likeness (QED) is 0.616. The molecule has 0 amide bonds. The Morgan fingerprint density at radius 2 is 1.88 bits per heavy atom. The second-order valence-electron chi connectivity index (χ2n) is 5.42. The predicted molar refractivity (Wildman–Crippen MR) is 106 cm³/mol. The van der Waals surface area contributed by atoms with Crippen molar-refractivity contribution in [3.63, 3.8) is 0 Å². The molecule has 1 atom stereocenters. The molecule has 0 bridgehead atoms. The van der Waals surface area contributed by atoms with E-state index in [1.54, 1.807) is 0 Å². The summed E-state index contributed by atoms with van der Waals surface area (Å²) in [7, 11) is 3.97. The maximum absolute atomic E-state index is 5.20. The van der Waals surface area contributed by atoms with Crippen molar-refractivity contribution < 1.29 is 4.74 Å². The van der Waals surface area contributed by atoms with Gasteiger partial charge in [0, 0.05) is 32.1 Å². The standard InChI is InChI=1S/C10H19N.C8H14N2O.C2H6/c1-5-7-10(3)8-9-11(4)6-2;1-9-3-2-4-10-5-7-11-8-6-10;1-2/h10H,6,8-9H2,1-4H3;9H,4-8H2,1H3;1-2H3. The zero-order valence-electron chi connectivity index (χ0n) is 17.0. The number of hydrogen-bond donors (Lipinski definition) is 1. The largest absolute Gasteiger partial charge is 0.379 e. The SMILES string of the molecule is CC.CC#CC(C)CCN(C)CC.CNC#CCN1CCOCC1. The van der Waals surface area contributed by atoms with Crippen LogP contribution in [0.2, 0.25) is 0 Å². The Balaban J connectivity index is 0. The van der Waals surface area contributed by atoms with Crippen molar-refractivity contribution in [2.45, 2.75) is 41.0 Å². The van der Waals surface area contributed by atoms with Crippen LogP contribution in [0.4, 0.5) is 0 Å². The third kappa shape index (κ3) is 17.2. The van der Waals surface area contributed by atoms with Gasteiger partial charge >= 0.3 is 0 Å². The molecule has 1 aliphatic heterocycles. The summed E-state index contributed by atoms with van der Waals surface area (Å²) >= 11 is 0. The number of nitrogens with zero attached hydrogens (tertiary/aromatic N) is 2. The molecule has 1 rings (SSSR count). The van der Waals surface area contributed by atoms with E-state index in [0.717, 1.165) is 45.9 Å². The molecule has 0 aliphatic carbocycles. The second kappa shape index (κ2) is 19.8. The predicted octanol–water partition coefficient (Wildman–Crippen LogP) is 2.51. The lowest BCUT2D eigenvalue weighted by Gasteiger charge is -2.24. The van der Waals surface area contributed by atoms with Gasteiger partial charge in [0.1, 0.15) is 0 Å². The average Bonchev–Trinajstić information content (AvgIpc) is 2.63. The third-order valence-corrected chi connectivity index (χ3v) is 3.49. The van der Waals surface area contributed by atoms with E-state index in [1.807, 2.05) is 27.8 Å². The van der Waals surface area contributed by atoms with Crippen LogP contribution >= 0.6 is 0 Å². The smallest absolute Gasteiger partial charge is 0.0621 e. The highest BCUT2D eigenvalue weighted by Gasteiger charge is 2.07. The molecule has 0 aromatic carbocycles. The first kappa shape index (κ1) is 25.0.